The molecule has 0 aromatic heterocycles. The second-order valence-corrected chi connectivity index (χ2v) is 5.55. The largest absolute Gasteiger partial charge is 0.496 e. The molecule has 5 nitrogen and oxygen atoms in total. The number of rotatable bonds is 5. The van der Waals surface area contributed by atoms with Crippen LogP contribution in [0.1, 0.15) is 12.0 Å². The lowest BCUT2D eigenvalue weighted by atomic mass is 10.1. The molecule has 0 aliphatic carbocycles. The molecule has 0 radical (unpaired) electrons. The third-order valence-corrected chi connectivity index (χ3v) is 4.06. The van der Waals surface area contributed by atoms with Crippen LogP contribution in [0, 0.1) is 0 Å². The molecule has 0 unspecified atom stereocenters. The average molecular weight is 314 g/mol. The summed E-state index contributed by atoms with van der Waals surface area (Å²) in [6, 6.07) is 5.02. The Morgan fingerprint density at radius 3 is 2.86 bits per heavy atom. The number of benzene rings is 1. The summed E-state index contributed by atoms with van der Waals surface area (Å²) < 4.78 is 10.5. The number of hydrogen-bond acceptors (Lipinski definition) is 4. The maximum atomic E-state index is 12.5. The Balaban J connectivity index is 2.12. The van der Waals surface area contributed by atoms with E-state index in [1.165, 1.54) is 0 Å². The number of nitrogens with zero attached hydrogens (tertiary/aromatic N) is 1. The Bertz CT molecular complexity index is 508. The number of aliphatic hydroxyl groups excluding tert-OH is 1. The summed E-state index contributed by atoms with van der Waals surface area (Å²) >= 11 is 5.98. The van der Waals surface area contributed by atoms with Gasteiger partial charge in [-0.1, -0.05) is 11.6 Å². The standard InChI is InChI=1S/C15H20ClNO4/c1-20-13-7-12(9-18)17(8-13)15(19)6-10-5-11(16)3-4-14(10)21-2/h3-5,12-13,18H,6-9H2,1-2H3/t12-,13-/m0/s1. The van der Waals surface area contributed by atoms with Gasteiger partial charge in [-0.3, -0.25) is 4.79 Å². The Labute approximate surface area is 129 Å². The van der Waals surface area contributed by atoms with Gasteiger partial charge in [-0.15, -0.1) is 0 Å². The smallest absolute Gasteiger partial charge is 0.227 e. The molecule has 1 saturated heterocycles. The van der Waals surface area contributed by atoms with Gasteiger partial charge >= 0.3 is 0 Å². The number of carbonyl (C=O) groups excluding carboxylic acids is 1. The highest BCUT2D eigenvalue weighted by Crippen LogP contribution is 2.26. The maximum Gasteiger partial charge on any atom is 0.227 e. The molecule has 1 heterocycles. The van der Waals surface area contributed by atoms with Gasteiger partial charge in [0, 0.05) is 24.2 Å². The van der Waals surface area contributed by atoms with Crippen molar-refractivity contribution in [3.05, 3.63) is 28.8 Å². The first-order chi connectivity index (χ1) is 10.1. The lowest BCUT2D eigenvalue weighted by Gasteiger charge is -2.23. The minimum Gasteiger partial charge on any atom is -0.496 e. The number of halogens is 1. The number of aliphatic hydroxyl groups is 1. The molecular formula is C15H20ClNO4. The quantitative estimate of drug-likeness (QED) is 0.895. The van der Waals surface area contributed by atoms with Gasteiger partial charge in [0.15, 0.2) is 0 Å². The molecule has 1 N–H and O–H groups in total. The topological polar surface area (TPSA) is 59.0 Å². The Hall–Kier alpha value is -1.30. The van der Waals surface area contributed by atoms with E-state index in [1.54, 1.807) is 37.3 Å². The number of ether oxygens (including phenoxy) is 2. The summed E-state index contributed by atoms with van der Waals surface area (Å²) in [6.07, 6.45) is 0.828. The van der Waals surface area contributed by atoms with Crippen molar-refractivity contribution in [1.82, 2.24) is 4.90 Å². The highest BCUT2D eigenvalue weighted by atomic mass is 35.5. The van der Waals surface area contributed by atoms with E-state index in [0.717, 1.165) is 5.56 Å². The van der Waals surface area contributed by atoms with Crippen molar-refractivity contribution in [2.45, 2.75) is 25.0 Å². The fraction of sp³-hybridized carbons (Fsp3) is 0.533. The van der Waals surface area contributed by atoms with Crippen LogP contribution in [0.15, 0.2) is 18.2 Å². The Morgan fingerprint density at radius 2 is 2.24 bits per heavy atom. The SMILES string of the molecule is COc1ccc(Cl)cc1CC(=O)N1C[C@@H](OC)C[C@H]1CO. The summed E-state index contributed by atoms with van der Waals surface area (Å²) in [5, 5.41) is 9.98. The molecule has 2 rings (SSSR count). The van der Waals surface area contributed by atoms with Crippen molar-refractivity contribution >= 4 is 17.5 Å². The monoisotopic (exact) mass is 313 g/mol. The molecular weight excluding hydrogens is 294 g/mol. The maximum absolute atomic E-state index is 12.5. The number of likely N-dealkylation sites (tertiary alicyclic amines) is 1. The summed E-state index contributed by atoms with van der Waals surface area (Å²) in [4.78, 5) is 14.2. The Morgan fingerprint density at radius 1 is 1.48 bits per heavy atom. The van der Waals surface area contributed by atoms with E-state index in [1.807, 2.05) is 0 Å². The van der Waals surface area contributed by atoms with Crippen LogP contribution in [-0.4, -0.2) is 55.4 Å². The van der Waals surface area contributed by atoms with Gasteiger partial charge in [0.25, 0.3) is 0 Å². The minimum atomic E-state index is -0.187. The molecule has 1 aromatic rings. The number of amides is 1. The van der Waals surface area contributed by atoms with Crippen LogP contribution in [-0.2, 0) is 16.0 Å². The zero-order chi connectivity index (χ0) is 15.4. The Kier molecular flexibility index (Phi) is 5.45. The second kappa shape index (κ2) is 7.11. The first-order valence-electron chi connectivity index (χ1n) is 6.84. The van der Waals surface area contributed by atoms with Gasteiger partial charge in [0.2, 0.25) is 5.91 Å². The minimum absolute atomic E-state index is 0.0210. The van der Waals surface area contributed by atoms with Crippen LogP contribution in [0.4, 0.5) is 0 Å². The average Bonchev–Trinajstić information content (AvgIpc) is 2.91. The van der Waals surface area contributed by atoms with Gasteiger partial charge in [-0.2, -0.15) is 0 Å². The zero-order valence-electron chi connectivity index (χ0n) is 12.2. The van der Waals surface area contributed by atoms with Crippen LogP contribution >= 0.6 is 11.6 Å². The van der Waals surface area contributed by atoms with Gasteiger partial charge in [-0.25, -0.2) is 0 Å². The van der Waals surface area contributed by atoms with Crippen LogP contribution < -0.4 is 4.74 Å². The molecule has 116 valence electrons. The van der Waals surface area contributed by atoms with Crippen molar-refractivity contribution < 1.29 is 19.4 Å². The molecule has 0 spiro atoms. The third kappa shape index (κ3) is 3.67. The van der Waals surface area contributed by atoms with Gasteiger partial charge in [-0.05, 0) is 24.6 Å². The fourth-order valence-electron chi connectivity index (χ4n) is 2.67. The lowest BCUT2D eigenvalue weighted by Crippen LogP contribution is -2.39. The molecule has 1 aliphatic rings. The van der Waals surface area contributed by atoms with Crippen molar-refractivity contribution in [3.63, 3.8) is 0 Å². The van der Waals surface area contributed by atoms with E-state index in [4.69, 9.17) is 21.1 Å². The van der Waals surface area contributed by atoms with Crippen LogP contribution in [0.3, 0.4) is 0 Å². The second-order valence-electron chi connectivity index (χ2n) is 5.11. The summed E-state index contributed by atoms with van der Waals surface area (Å²) in [5.74, 6) is 0.574. The number of carbonyl (C=O) groups is 1. The van der Waals surface area contributed by atoms with E-state index < -0.39 is 0 Å². The van der Waals surface area contributed by atoms with E-state index in [-0.39, 0.29) is 31.1 Å². The van der Waals surface area contributed by atoms with E-state index in [2.05, 4.69) is 0 Å². The van der Waals surface area contributed by atoms with Gasteiger partial charge in [0.1, 0.15) is 5.75 Å². The fourth-order valence-corrected chi connectivity index (χ4v) is 2.87. The normalized spacial score (nSPS) is 21.6. The lowest BCUT2D eigenvalue weighted by molar-refractivity contribution is -0.132. The van der Waals surface area contributed by atoms with Crippen LogP contribution in [0.25, 0.3) is 0 Å². The van der Waals surface area contributed by atoms with Crippen molar-refractivity contribution in [3.8, 4) is 5.75 Å². The van der Waals surface area contributed by atoms with Gasteiger partial charge < -0.3 is 19.5 Å². The molecule has 1 fully saturated rings. The first-order valence-corrected chi connectivity index (χ1v) is 7.22. The molecule has 6 heteroatoms. The van der Waals surface area contributed by atoms with Gasteiger partial charge in [0.05, 0.1) is 32.3 Å². The molecule has 2 atom stereocenters. The third-order valence-electron chi connectivity index (χ3n) is 3.82. The molecule has 0 saturated carbocycles. The summed E-state index contributed by atoms with van der Waals surface area (Å²) in [5.41, 5.74) is 0.743. The van der Waals surface area contributed by atoms with Crippen molar-refractivity contribution in [2.24, 2.45) is 0 Å². The van der Waals surface area contributed by atoms with E-state index in [0.29, 0.717) is 23.7 Å². The summed E-state index contributed by atoms with van der Waals surface area (Å²) in [7, 11) is 3.18. The molecule has 1 amide bonds. The number of hydrogen-bond donors (Lipinski definition) is 1. The number of methoxy groups -OCH3 is 2. The molecule has 1 aliphatic heterocycles. The zero-order valence-corrected chi connectivity index (χ0v) is 13.0. The first kappa shape index (κ1) is 16.1. The van der Waals surface area contributed by atoms with Crippen molar-refractivity contribution in [1.29, 1.82) is 0 Å². The molecule has 0 bridgehead atoms. The molecule has 1 aromatic carbocycles. The predicted octanol–water partition coefficient (Wildman–Crippen LogP) is 1.50. The van der Waals surface area contributed by atoms with Crippen LogP contribution in [0.2, 0.25) is 5.02 Å². The van der Waals surface area contributed by atoms with Crippen LogP contribution in [0.5, 0.6) is 5.75 Å². The van der Waals surface area contributed by atoms with E-state index >= 15 is 0 Å². The van der Waals surface area contributed by atoms with E-state index in [9.17, 15) is 9.90 Å². The molecule has 21 heavy (non-hydrogen) atoms. The highest BCUT2D eigenvalue weighted by Gasteiger charge is 2.34. The predicted molar refractivity (Wildman–Crippen MR) is 79.7 cm³/mol. The van der Waals surface area contributed by atoms with Crippen molar-refractivity contribution in [2.75, 3.05) is 27.4 Å². The summed E-state index contributed by atoms with van der Waals surface area (Å²) in [6.45, 7) is 0.446. The highest BCUT2D eigenvalue weighted by molar-refractivity contribution is 6.30.